The lowest BCUT2D eigenvalue weighted by Gasteiger charge is -2.53. The van der Waals surface area contributed by atoms with Crippen molar-refractivity contribution in [3.05, 3.63) is 35.4 Å². The van der Waals surface area contributed by atoms with Gasteiger partial charge in [0.15, 0.2) is 0 Å². The molecule has 0 amide bonds. The van der Waals surface area contributed by atoms with Gasteiger partial charge in [-0.15, -0.1) is 0 Å². The van der Waals surface area contributed by atoms with Gasteiger partial charge < -0.3 is 10.1 Å². The van der Waals surface area contributed by atoms with Crippen LogP contribution in [0.3, 0.4) is 0 Å². The third kappa shape index (κ3) is 3.09. The molecule has 1 N–H and O–H groups in total. The van der Waals surface area contributed by atoms with Gasteiger partial charge in [0.25, 0.3) is 0 Å². The average molecular weight is 301 g/mol. The van der Waals surface area contributed by atoms with Crippen molar-refractivity contribution in [3.63, 3.8) is 0 Å². The van der Waals surface area contributed by atoms with Crippen LogP contribution in [0, 0.1) is 0 Å². The zero-order valence-electron chi connectivity index (χ0n) is 14.7. The molecular weight excluding hydrogens is 270 g/mol. The smallest absolute Gasteiger partial charge is 0.0679 e. The summed E-state index contributed by atoms with van der Waals surface area (Å²) in [5, 5.41) is 3.56. The molecule has 122 valence electrons. The molecule has 1 aromatic carbocycles. The summed E-state index contributed by atoms with van der Waals surface area (Å²) < 4.78 is 5.82. The van der Waals surface area contributed by atoms with Crippen LogP contribution in [0.1, 0.15) is 70.4 Å². The molecule has 0 heterocycles. The Labute approximate surface area is 135 Å². The highest BCUT2D eigenvalue weighted by Crippen LogP contribution is 2.54. The fraction of sp³-hybridized carbons (Fsp3) is 0.700. The molecule has 0 atom stereocenters. The van der Waals surface area contributed by atoms with Gasteiger partial charge >= 0.3 is 0 Å². The topological polar surface area (TPSA) is 21.3 Å². The molecule has 2 nitrogen and oxygen atoms in total. The number of rotatable bonds is 4. The highest BCUT2D eigenvalue weighted by Gasteiger charge is 2.49. The second kappa shape index (κ2) is 5.65. The van der Waals surface area contributed by atoms with Gasteiger partial charge in [-0.2, -0.15) is 0 Å². The van der Waals surface area contributed by atoms with Gasteiger partial charge in [-0.25, -0.2) is 0 Å². The predicted octanol–water partition coefficient (Wildman–Crippen LogP) is 4.57. The van der Waals surface area contributed by atoms with Crippen LogP contribution in [-0.2, 0) is 16.7 Å². The van der Waals surface area contributed by atoms with Crippen molar-refractivity contribution in [1.82, 2.24) is 5.32 Å². The molecule has 4 rings (SSSR count). The van der Waals surface area contributed by atoms with Crippen molar-refractivity contribution in [3.8, 4) is 0 Å². The Morgan fingerprint density at radius 3 is 1.95 bits per heavy atom. The lowest BCUT2D eigenvalue weighted by atomic mass is 9.56. The van der Waals surface area contributed by atoms with Crippen LogP contribution in [0.5, 0.6) is 0 Å². The summed E-state index contributed by atoms with van der Waals surface area (Å²) in [7, 11) is 1.90. The highest BCUT2D eigenvalue weighted by atomic mass is 16.5. The summed E-state index contributed by atoms with van der Waals surface area (Å²) in [6, 6.07) is 9.39. The summed E-state index contributed by atoms with van der Waals surface area (Å²) >= 11 is 0. The van der Waals surface area contributed by atoms with Gasteiger partial charge in [0.1, 0.15) is 0 Å². The molecule has 2 heteroatoms. The van der Waals surface area contributed by atoms with E-state index in [1.54, 1.807) is 5.56 Å². The van der Waals surface area contributed by atoms with Crippen LogP contribution >= 0.6 is 0 Å². The molecule has 0 aliphatic heterocycles. The molecule has 3 aliphatic rings. The van der Waals surface area contributed by atoms with Crippen LogP contribution in [0.15, 0.2) is 24.3 Å². The Morgan fingerprint density at radius 1 is 0.955 bits per heavy atom. The summed E-state index contributed by atoms with van der Waals surface area (Å²) in [5.74, 6) is 0. The van der Waals surface area contributed by atoms with Crippen LogP contribution in [0.2, 0.25) is 0 Å². The fourth-order valence-electron chi connectivity index (χ4n) is 4.23. The standard InChI is InChI=1S/C20H31NO/c1-18(2,3)21-15-16-5-7-17(8-6-16)19-9-12-20(22-4,13-10-19)14-11-19/h5-8,21H,9-15H2,1-4H3. The maximum atomic E-state index is 5.82. The molecular formula is C20H31NO. The maximum absolute atomic E-state index is 5.82. The van der Waals surface area contributed by atoms with Gasteiger partial charge in [-0.05, 0) is 75.8 Å². The molecule has 2 bridgehead atoms. The van der Waals surface area contributed by atoms with Crippen molar-refractivity contribution in [1.29, 1.82) is 0 Å². The van der Waals surface area contributed by atoms with E-state index in [0.717, 1.165) is 6.54 Å². The van der Waals surface area contributed by atoms with Crippen LogP contribution in [0.25, 0.3) is 0 Å². The monoisotopic (exact) mass is 301 g/mol. The van der Waals surface area contributed by atoms with Crippen molar-refractivity contribution >= 4 is 0 Å². The predicted molar refractivity (Wildman–Crippen MR) is 92.2 cm³/mol. The number of nitrogens with one attached hydrogen (secondary N) is 1. The third-order valence-corrected chi connectivity index (χ3v) is 6.00. The Bertz CT molecular complexity index is 487. The molecule has 22 heavy (non-hydrogen) atoms. The van der Waals surface area contributed by atoms with Gasteiger partial charge in [0.05, 0.1) is 5.60 Å². The molecule has 0 saturated heterocycles. The number of benzene rings is 1. The summed E-state index contributed by atoms with van der Waals surface area (Å²) in [6.45, 7) is 7.59. The number of ether oxygens (including phenoxy) is 1. The first-order valence-corrected chi connectivity index (χ1v) is 8.76. The SMILES string of the molecule is COC12CCC(c3ccc(CNC(C)(C)C)cc3)(CC1)CC2. The molecule has 0 radical (unpaired) electrons. The minimum absolute atomic E-state index is 0.174. The Kier molecular flexibility index (Phi) is 4.11. The van der Waals surface area contributed by atoms with Crippen LogP contribution < -0.4 is 5.32 Å². The van der Waals surface area contributed by atoms with Crippen molar-refractivity contribution in [2.45, 2.75) is 82.4 Å². The maximum Gasteiger partial charge on any atom is 0.0679 e. The lowest BCUT2D eigenvalue weighted by Crippen LogP contribution is -2.49. The van der Waals surface area contributed by atoms with Crippen LogP contribution in [0.4, 0.5) is 0 Å². The summed E-state index contributed by atoms with van der Waals surface area (Å²) in [4.78, 5) is 0. The number of fused-ring (bicyclic) bond motifs is 3. The van der Waals surface area contributed by atoms with E-state index in [4.69, 9.17) is 4.74 Å². The van der Waals surface area contributed by atoms with Gasteiger partial charge in [-0.1, -0.05) is 24.3 Å². The Morgan fingerprint density at radius 2 is 1.50 bits per heavy atom. The van der Waals surface area contributed by atoms with E-state index >= 15 is 0 Å². The van der Waals surface area contributed by atoms with Crippen molar-refractivity contribution < 1.29 is 4.74 Å². The van der Waals surface area contributed by atoms with E-state index in [0.29, 0.717) is 5.41 Å². The van der Waals surface area contributed by atoms with Gasteiger partial charge in [0.2, 0.25) is 0 Å². The molecule has 0 unspecified atom stereocenters. The fourth-order valence-corrected chi connectivity index (χ4v) is 4.23. The quantitative estimate of drug-likeness (QED) is 0.880. The highest BCUT2D eigenvalue weighted by molar-refractivity contribution is 5.31. The average Bonchev–Trinajstić information content (AvgIpc) is 2.54. The largest absolute Gasteiger partial charge is 0.378 e. The van der Waals surface area contributed by atoms with Crippen molar-refractivity contribution in [2.75, 3.05) is 7.11 Å². The summed E-state index contributed by atoms with van der Waals surface area (Å²) in [6.07, 6.45) is 7.58. The number of methoxy groups -OCH3 is 1. The Balaban J connectivity index is 1.69. The molecule has 0 aromatic heterocycles. The van der Waals surface area contributed by atoms with E-state index in [2.05, 4.69) is 50.4 Å². The molecule has 0 spiro atoms. The first kappa shape index (κ1) is 16.0. The third-order valence-electron chi connectivity index (χ3n) is 6.00. The molecule has 3 fully saturated rings. The summed E-state index contributed by atoms with van der Waals surface area (Å²) in [5.41, 5.74) is 3.74. The molecule has 1 aromatic rings. The molecule has 3 saturated carbocycles. The molecule has 3 aliphatic carbocycles. The van der Waals surface area contributed by atoms with Crippen molar-refractivity contribution in [2.24, 2.45) is 0 Å². The first-order valence-electron chi connectivity index (χ1n) is 8.76. The lowest BCUT2D eigenvalue weighted by molar-refractivity contribution is -0.0955. The van der Waals surface area contributed by atoms with E-state index in [1.807, 2.05) is 7.11 Å². The first-order chi connectivity index (χ1) is 10.4. The minimum Gasteiger partial charge on any atom is -0.378 e. The second-order valence-corrected chi connectivity index (χ2v) is 8.47. The normalized spacial score (nSPS) is 31.5. The van der Waals surface area contributed by atoms with Gasteiger partial charge in [0, 0.05) is 19.2 Å². The van der Waals surface area contributed by atoms with Crippen LogP contribution in [-0.4, -0.2) is 18.2 Å². The number of hydrogen-bond donors (Lipinski definition) is 1. The van der Waals surface area contributed by atoms with E-state index < -0.39 is 0 Å². The van der Waals surface area contributed by atoms with E-state index in [-0.39, 0.29) is 11.1 Å². The van der Waals surface area contributed by atoms with E-state index in [1.165, 1.54) is 44.1 Å². The van der Waals surface area contributed by atoms with E-state index in [9.17, 15) is 0 Å². The minimum atomic E-state index is 0.174. The number of hydrogen-bond acceptors (Lipinski definition) is 2. The second-order valence-electron chi connectivity index (χ2n) is 8.47. The zero-order valence-corrected chi connectivity index (χ0v) is 14.7. The zero-order chi connectivity index (χ0) is 15.8. The Hall–Kier alpha value is -0.860. The van der Waals surface area contributed by atoms with Gasteiger partial charge in [-0.3, -0.25) is 0 Å².